The molecule has 0 unspecified atom stereocenters. The summed E-state index contributed by atoms with van der Waals surface area (Å²) in [7, 11) is 0. The van der Waals surface area contributed by atoms with E-state index < -0.39 is 0 Å². The highest BCUT2D eigenvalue weighted by molar-refractivity contribution is 9.11. The highest BCUT2D eigenvalue weighted by Crippen LogP contribution is 2.31. The van der Waals surface area contributed by atoms with Gasteiger partial charge in [0.05, 0.1) is 11.0 Å². The van der Waals surface area contributed by atoms with Crippen LogP contribution < -0.4 is 16.6 Å². The molecule has 0 bridgehead atoms. The number of rotatable bonds is 4. The van der Waals surface area contributed by atoms with Gasteiger partial charge in [-0.3, -0.25) is 10.2 Å². The van der Waals surface area contributed by atoms with Crippen LogP contribution in [0.2, 0.25) is 0 Å². The van der Waals surface area contributed by atoms with Crippen LogP contribution in [0.3, 0.4) is 0 Å². The smallest absolute Gasteiger partial charge is 0.247 e. The predicted octanol–water partition coefficient (Wildman–Crippen LogP) is 0.997. The lowest BCUT2D eigenvalue weighted by molar-refractivity contribution is -0.120. The van der Waals surface area contributed by atoms with E-state index in [1.54, 1.807) is 12.1 Å². The maximum absolute atomic E-state index is 10.8. The standard InChI is InChI=1S/C9H11Br2N3O2/c10-6-1-5(9(16)7(11)2-6)3-13-4-8(15)14-12/h1-2,13,16H,3-4,12H2,(H,14,15). The topological polar surface area (TPSA) is 87.4 Å². The van der Waals surface area contributed by atoms with E-state index in [1.807, 2.05) is 5.43 Å². The molecule has 0 saturated heterocycles. The lowest BCUT2D eigenvalue weighted by Gasteiger charge is -2.08. The SMILES string of the molecule is NNC(=O)CNCc1cc(Br)cc(Br)c1O. The number of hydrogen-bond acceptors (Lipinski definition) is 4. The number of nitrogens with one attached hydrogen (secondary N) is 2. The van der Waals surface area contributed by atoms with Gasteiger partial charge < -0.3 is 10.4 Å². The number of phenolic OH excluding ortho intramolecular Hbond substituents is 1. The molecule has 0 spiro atoms. The second-order valence-corrected chi connectivity index (χ2v) is 4.84. The first-order valence-electron chi connectivity index (χ1n) is 4.41. The average Bonchev–Trinajstić information content (AvgIpc) is 2.24. The number of carbonyl (C=O) groups is 1. The monoisotopic (exact) mass is 351 g/mol. The minimum Gasteiger partial charge on any atom is -0.506 e. The first kappa shape index (κ1) is 13.4. The fraction of sp³-hybridized carbons (Fsp3) is 0.222. The highest BCUT2D eigenvalue weighted by Gasteiger charge is 2.07. The van der Waals surface area contributed by atoms with Gasteiger partial charge in [-0.05, 0) is 28.1 Å². The lowest BCUT2D eigenvalue weighted by Crippen LogP contribution is -2.37. The van der Waals surface area contributed by atoms with E-state index in [4.69, 9.17) is 5.84 Å². The molecule has 0 heterocycles. The molecule has 5 nitrogen and oxygen atoms in total. The van der Waals surface area contributed by atoms with Gasteiger partial charge in [0, 0.05) is 16.6 Å². The summed E-state index contributed by atoms with van der Waals surface area (Å²) in [5.74, 6) is 4.77. The van der Waals surface area contributed by atoms with Crippen molar-refractivity contribution >= 4 is 37.8 Å². The third-order valence-corrected chi connectivity index (χ3v) is 2.93. The number of hydrogen-bond donors (Lipinski definition) is 4. The molecule has 0 aliphatic rings. The highest BCUT2D eigenvalue weighted by atomic mass is 79.9. The lowest BCUT2D eigenvalue weighted by atomic mass is 10.2. The number of hydrazine groups is 1. The Kier molecular flexibility index (Phi) is 5.20. The van der Waals surface area contributed by atoms with Crippen molar-refractivity contribution in [1.29, 1.82) is 0 Å². The van der Waals surface area contributed by atoms with E-state index in [0.29, 0.717) is 16.6 Å². The molecular weight excluding hydrogens is 342 g/mol. The summed E-state index contributed by atoms with van der Waals surface area (Å²) >= 11 is 6.54. The number of phenols is 1. The van der Waals surface area contributed by atoms with Gasteiger partial charge in [0.1, 0.15) is 5.75 Å². The Morgan fingerprint density at radius 2 is 2.12 bits per heavy atom. The molecule has 1 rings (SSSR count). The summed E-state index contributed by atoms with van der Waals surface area (Å²) in [6.07, 6.45) is 0. The van der Waals surface area contributed by atoms with E-state index in [9.17, 15) is 9.90 Å². The molecule has 7 heteroatoms. The van der Waals surface area contributed by atoms with Crippen LogP contribution in [0.15, 0.2) is 21.1 Å². The summed E-state index contributed by atoms with van der Waals surface area (Å²) in [4.78, 5) is 10.8. The van der Waals surface area contributed by atoms with Gasteiger partial charge >= 0.3 is 0 Å². The summed E-state index contributed by atoms with van der Waals surface area (Å²) in [5, 5.41) is 12.6. The van der Waals surface area contributed by atoms with Crippen molar-refractivity contribution in [2.75, 3.05) is 6.54 Å². The maximum atomic E-state index is 10.8. The summed E-state index contributed by atoms with van der Waals surface area (Å²) in [5.41, 5.74) is 2.69. The molecule has 0 atom stereocenters. The number of carbonyl (C=O) groups excluding carboxylic acids is 1. The fourth-order valence-corrected chi connectivity index (χ4v) is 2.43. The van der Waals surface area contributed by atoms with Crippen molar-refractivity contribution in [3.05, 3.63) is 26.6 Å². The molecule has 0 aromatic heterocycles. The molecule has 1 aromatic rings. The van der Waals surface area contributed by atoms with Crippen molar-refractivity contribution in [2.45, 2.75) is 6.54 Å². The van der Waals surface area contributed by atoms with Crippen molar-refractivity contribution in [1.82, 2.24) is 10.7 Å². The Balaban J connectivity index is 2.63. The Hall–Kier alpha value is -0.630. The zero-order valence-corrected chi connectivity index (χ0v) is 11.4. The second-order valence-electron chi connectivity index (χ2n) is 3.07. The summed E-state index contributed by atoms with van der Waals surface area (Å²) < 4.78 is 1.44. The van der Waals surface area contributed by atoms with Gasteiger partial charge in [-0.2, -0.15) is 0 Å². The van der Waals surface area contributed by atoms with Crippen molar-refractivity contribution in [3.63, 3.8) is 0 Å². The van der Waals surface area contributed by atoms with E-state index in [-0.39, 0.29) is 18.2 Å². The third kappa shape index (κ3) is 3.75. The third-order valence-electron chi connectivity index (χ3n) is 1.87. The minimum absolute atomic E-state index is 0.0973. The quantitative estimate of drug-likeness (QED) is 0.370. The van der Waals surface area contributed by atoms with Gasteiger partial charge in [-0.15, -0.1) is 0 Å². The van der Waals surface area contributed by atoms with E-state index >= 15 is 0 Å². The van der Waals surface area contributed by atoms with Crippen LogP contribution in [0.5, 0.6) is 5.75 Å². The average molecular weight is 353 g/mol. The van der Waals surface area contributed by atoms with Gasteiger partial charge in [-0.1, -0.05) is 15.9 Å². The van der Waals surface area contributed by atoms with Gasteiger partial charge in [-0.25, -0.2) is 5.84 Å². The van der Waals surface area contributed by atoms with Crippen molar-refractivity contribution in [3.8, 4) is 5.75 Å². The molecule has 1 aromatic carbocycles. The van der Waals surface area contributed by atoms with Crippen LogP contribution in [0, 0.1) is 0 Å². The second kappa shape index (κ2) is 6.19. The largest absolute Gasteiger partial charge is 0.506 e. The fourth-order valence-electron chi connectivity index (χ4n) is 1.12. The molecule has 16 heavy (non-hydrogen) atoms. The summed E-state index contributed by atoms with van der Waals surface area (Å²) in [6, 6.07) is 3.51. The summed E-state index contributed by atoms with van der Waals surface area (Å²) in [6.45, 7) is 0.470. The molecule has 0 radical (unpaired) electrons. The molecule has 88 valence electrons. The van der Waals surface area contributed by atoms with Gasteiger partial charge in [0.15, 0.2) is 0 Å². The molecule has 0 aliphatic heterocycles. The van der Waals surface area contributed by atoms with Crippen LogP contribution in [-0.2, 0) is 11.3 Å². The van der Waals surface area contributed by atoms with Crippen LogP contribution in [0.25, 0.3) is 0 Å². The Labute approximate surface area is 110 Å². The number of amides is 1. The first-order valence-corrected chi connectivity index (χ1v) is 6.00. The Bertz CT molecular complexity index is 399. The molecular formula is C9H11Br2N3O2. The van der Waals surface area contributed by atoms with E-state index in [0.717, 1.165) is 4.47 Å². The predicted molar refractivity (Wildman–Crippen MR) is 67.5 cm³/mol. The van der Waals surface area contributed by atoms with Crippen molar-refractivity contribution in [2.24, 2.45) is 5.84 Å². The molecule has 1 amide bonds. The number of nitrogens with two attached hydrogens (primary N) is 1. The van der Waals surface area contributed by atoms with Crippen LogP contribution in [-0.4, -0.2) is 17.6 Å². The van der Waals surface area contributed by atoms with Crippen LogP contribution >= 0.6 is 31.9 Å². The maximum Gasteiger partial charge on any atom is 0.247 e. The van der Waals surface area contributed by atoms with E-state index in [2.05, 4.69) is 37.2 Å². The van der Waals surface area contributed by atoms with Gasteiger partial charge in [0.2, 0.25) is 5.91 Å². The van der Waals surface area contributed by atoms with Gasteiger partial charge in [0.25, 0.3) is 0 Å². The zero-order valence-electron chi connectivity index (χ0n) is 8.26. The molecule has 0 saturated carbocycles. The number of halogens is 2. The minimum atomic E-state index is -0.312. The molecule has 0 aliphatic carbocycles. The zero-order chi connectivity index (χ0) is 12.1. The molecule has 0 fully saturated rings. The number of benzene rings is 1. The first-order chi connectivity index (χ1) is 7.54. The van der Waals surface area contributed by atoms with Crippen LogP contribution in [0.4, 0.5) is 0 Å². The van der Waals surface area contributed by atoms with E-state index in [1.165, 1.54) is 0 Å². The number of aromatic hydroxyl groups is 1. The Morgan fingerprint density at radius 1 is 1.44 bits per heavy atom. The van der Waals surface area contributed by atoms with Crippen molar-refractivity contribution < 1.29 is 9.90 Å². The molecule has 5 N–H and O–H groups in total. The van der Waals surface area contributed by atoms with Crippen LogP contribution in [0.1, 0.15) is 5.56 Å². The Morgan fingerprint density at radius 3 is 2.75 bits per heavy atom. The normalized spacial score (nSPS) is 10.2.